The molecule has 0 aromatic heterocycles. The minimum absolute atomic E-state index is 0.108. The summed E-state index contributed by atoms with van der Waals surface area (Å²) in [6, 6.07) is 0.00550. The summed E-state index contributed by atoms with van der Waals surface area (Å²) in [7, 11) is -4.24. The third-order valence-electron chi connectivity index (χ3n) is 2.57. The van der Waals surface area contributed by atoms with Crippen molar-refractivity contribution in [2.24, 2.45) is 5.92 Å². The van der Waals surface area contributed by atoms with Crippen molar-refractivity contribution in [1.29, 1.82) is 0 Å². The normalized spacial score (nSPS) is 13.8. The first-order chi connectivity index (χ1) is 9.17. The van der Waals surface area contributed by atoms with Crippen LogP contribution in [0.4, 0.5) is 13.2 Å². The summed E-state index contributed by atoms with van der Waals surface area (Å²) in [5.74, 6) is -4.80. The average molecular weight is 311 g/mol. The van der Waals surface area contributed by atoms with Crippen molar-refractivity contribution in [2.45, 2.75) is 31.2 Å². The molecule has 1 rings (SSSR count). The number of halogens is 3. The Kier molecular flexibility index (Phi) is 5.55. The van der Waals surface area contributed by atoms with E-state index in [2.05, 4.69) is 4.72 Å². The van der Waals surface area contributed by atoms with Gasteiger partial charge in [0.15, 0.2) is 17.5 Å². The molecule has 0 aliphatic rings. The van der Waals surface area contributed by atoms with Gasteiger partial charge in [-0.2, -0.15) is 0 Å². The molecule has 2 N–H and O–H groups in total. The number of benzene rings is 1. The van der Waals surface area contributed by atoms with Crippen LogP contribution >= 0.6 is 0 Å². The fraction of sp³-hybridized carbons (Fsp3) is 0.500. The highest BCUT2D eigenvalue weighted by atomic mass is 32.2. The summed E-state index contributed by atoms with van der Waals surface area (Å²) < 4.78 is 64.9. The number of hydrogen-bond acceptors (Lipinski definition) is 3. The van der Waals surface area contributed by atoms with Gasteiger partial charge >= 0.3 is 0 Å². The summed E-state index contributed by atoms with van der Waals surface area (Å²) in [6.45, 7) is 3.20. The Morgan fingerprint density at radius 2 is 1.70 bits per heavy atom. The first-order valence-corrected chi connectivity index (χ1v) is 7.43. The zero-order valence-corrected chi connectivity index (χ0v) is 11.8. The van der Waals surface area contributed by atoms with E-state index in [1.807, 2.05) is 13.8 Å². The molecule has 0 radical (unpaired) electrons. The van der Waals surface area contributed by atoms with Crippen molar-refractivity contribution in [1.82, 2.24) is 4.72 Å². The lowest BCUT2D eigenvalue weighted by molar-refractivity contribution is 0.240. The Morgan fingerprint density at radius 1 is 1.20 bits per heavy atom. The van der Waals surface area contributed by atoms with E-state index in [0.717, 1.165) is 0 Å². The monoisotopic (exact) mass is 311 g/mol. The maximum absolute atomic E-state index is 13.0. The molecule has 0 amide bonds. The number of hydrogen-bond donors (Lipinski definition) is 2. The van der Waals surface area contributed by atoms with Gasteiger partial charge < -0.3 is 5.11 Å². The van der Waals surface area contributed by atoms with E-state index in [-0.39, 0.29) is 5.92 Å². The lowest BCUT2D eigenvalue weighted by atomic mass is 10.1. The minimum atomic E-state index is -4.24. The standard InChI is InChI=1S/C12H16F3NO3S/c1-7(2)3-8(6-17)16-20(18,19)9-4-10(13)12(15)11(14)5-9/h4-5,7-8,16-17H,3,6H2,1-2H3. The van der Waals surface area contributed by atoms with Crippen LogP contribution in [0.5, 0.6) is 0 Å². The first-order valence-electron chi connectivity index (χ1n) is 5.95. The number of rotatable bonds is 6. The zero-order valence-electron chi connectivity index (χ0n) is 11.0. The number of nitrogens with one attached hydrogen (secondary N) is 1. The van der Waals surface area contributed by atoms with Crippen LogP contribution in [0.1, 0.15) is 20.3 Å². The summed E-state index contributed by atoms with van der Waals surface area (Å²) in [6.07, 6.45) is 0.349. The van der Waals surface area contributed by atoms with Crippen molar-refractivity contribution in [3.8, 4) is 0 Å². The van der Waals surface area contributed by atoms with Crippen molar-refractivity contribution in [3.63, 3.8) is 0 Å². The van der Waals surface area contributed by atoms with Gasteiger partial charge in [-0.15, -0.1) is 0 Å². The van der Waals surface area contributed by atoms with E-state index in [1.54, 1.807) is 0 Å². The maximum Gasteiger partial charge on any atom is 0.241 e. The molecule has 4 nitrogen and oxygen atoms in total. The highest BCUT2D eigenvalue weighted by molar-refractivity contribution is 7.89. The van der Waals surface area contributed by atoms with Gasteiger partial charge in [0.1, 0.15) is 0 Å². The largest absolute Gasteiger partial charge is 0.395 e. The second kappa shape index (κ2) is 6.55. The van der Waals surface area contributed by atoms with Gasteiger partial charge in [0.05, 0.1) is 11.5 Å². The number of aliphatic hydroxyl groups excluding tert-OH is 1. The molecular formula is C12H16F3NO3S. The second-order valence-corrected chi connectivity index (χ2v) is 6.55. The topological polar surface area (TPSA) is 66.4 Å². The maximum atomic E-state index is 13.0. The van der Waals surface area contributed by atoms with E-state index in [9.17, 15) is 21.6 Å². The van der Waals surface area contributed by atoms with Crippen molar-refractivity contribution >= 4 is 10.0 Å². The van der Waals surface area contributed by atoms with E-state index in [1.165, 1.54) is 0 Å². The molecule has 1 aromatic carbocycles. The molecule has 0 heterocycles. The lowest BCUT2D eigenvalue weighted by Gasteiger charge is -2.18. The van der Waals surface area contributed by atoms with E-state index >= 15 is 0 Å². The summed E-state index contributed by atoms with van der Waals surface area (Å²) in [5.41, 5.74) is 0. The molecule has 1 atom stereocenters. The van der Waals surface area contributed by atoms with Gasteiger partial charge in [0.2, 0.25) is 10.0 Å². The van der Waals surface area contributed by atoms with Gasteiger partial charge in [-0.1, -0.05) is 13.8 Å². The smallest absolute Gasteiger partial charge is 0.241 e. The van der Waals surface area contributed by atoms with Crippen LogP contribution < -0.4 is 4.72 Å². The van der Waals surface area contributed by atoms with Crippen LogP contribution in [0.15, 0.2) is 17.0 Å². The molecule has 114 valence electrons. The highest BCUT2D eigenvalue weighted by Gasteiger charge is 2.23. The first kappa shape index (κ1) is 16.9. The molecule has 0 spiro atoms. The van der Waals surface area contributed by atoms with E-state index in [4.69, 9.17) is 5.11 Å². The second-order valence-electron chi connectivity index (χ2n) is 4.83. The molecule has 0 fully saturated rings. The average Bonchev–Trinajstić information content (AvgIpc) is 2.33. The van der Waals surface area contributed by atoms with Crippen LogP contribution in [0, 0.1) is 23.4 Å². The van der Waals surface area contributed by atoms with Gasteiger partial charge in [0.25, 0.3) is 0 Å². The fourth-order valence-electron chi connectivity index (χ4n) is 1.70. The zero-order chi connectivity index (χ0) is 15.5. The molecule has 0 aliphatic heterocycles. The lowest BCUT2D eigenvalue weighted by Crippen LogP contribution is -2.38. The SMILES string of the molecule is CC(C)CC(CO)NS(=O)(=O)c1cc(F)c(F)c(F)c1. The van der Waals surface area contributed by atoms with Crippen LogP contribution in [0.2, 0.25) is 0 Å². The molecule has 20 heavy (non-hydrogen) atoms. The molecule has 8 heteroatoms. The van der Waals surface area contributed by atoms with Crippen LogP contribution in [-0.4, -0.2) is 26.2 Å². The van der Waals surface area contributed by atoms with E-state index in [0.29, 0.717) is 18.6 Å². The Bertz CT molecular complexity index is 552. The molecular weight excluding hydrogens is 295 g/mol. The van der Waals surface area contributed by atoms with Crippen molar-refractivity contribution in [2.75, 3.05) is 6.61 Å². The number of sulfonamides is 1. The van der Waals surface area contributed by atoms with Crippen molar-refractivity contribution in [3.05, 3.63) is 29.6 Å². The quantitative estimate of drug-likeness (QED) is 0.787. The van der Waals surface area contributed by atoms with Gasteiger partial charge in [-0.05, 0) is 24.5 Å². The molecule has 1 unspecified atom stereocenters. The number of aliphatic hydroxyl groups is 1. The predicted molar refractivity (Wildman–Crippen MR) is 67.0 cm³/mol. The van der Waals surface area contributed by atoms with Gasteiger partial charge in [-0.25, -0.2) is 26.3 Å². The predicted octanol–water partition coefficient (Wildman–Crippen LogP) is 1.79. The highest BCUT2D eigenvalue weighted by Crippen LogP contribution is 2.18. The van der Waals surface area contributed by atoms with Crippen molar-refractivity contribution < 1.29 is 26.7 Å². The van der Waals surface area contributed by atoms with Crippen LogP contribution in [0.25, 0.3) is 0 Å². The Hall–Kier alpha value is -1.12. The van der Waals surface area contributed by atoms with Crippen LogP contribution in [-0.2, 0) is 10.0 Å². The summed E-state index contributed by atoms with van der Waals surface area (Å²) in [5, 5.41) is 9.10. The van der Waals surface area contributed by atoms with E-state index < -0.39 is 45.0 Å². The molecule has 0 saturated heterocycles. The minimum Gasteiger partial charge on any atom is -0.395 e. The fourth-order valence-corrected chi connectivity index (χ4v) is 2.97. The molecule has 1 aromatic rings. The van der Waals surface area contributed by atoms with Gasteiger partial charge in [0, 0.05) is 6.04 Å². The molecule has 0 aliphatic carbocycles. The van der Waals surface area contributed by atoms with Gasteiger partial charge in [-0.3, -0.25) is 0 Å². The summed E-state index contributed by atoms with van der Waals surface area (Å²) >= 11 is 0. The Morgan fingerprint density at radius 3 is 2.10 bits per heavy atom. The van der Waals surface area contributed by atoms with Crippen LogP contribution in [0.3, 0.4) is 0 Å². The third-order valence-corrected chi connectivity index (χ3v) is 4.07. The Balaban J connectivity index is 3.05. The molecule has 0 saturated carbocycles. The third kappa shape index (κ3) is 4.19. The molecule has 0 bridgehead atoms. The Labute approximate surface area is 115 Å². The summed E-state index contributed by atoms with van der Waals surface area (Å²) in [4.78, 5) is -0.726.